The largest absolute Gasteiger partial charge is 0.314 e. The molecule has 0 aliphatic carbocycles. The standard InChI is InChI=1S/C14H27N/c1-5-9-12-14(15-8-4)13(10-6-2)11-7-3/h1,13-15H,6-12H2,2-4H3. The lowest BCUT2D eigenvalue weighted by Crippen LogP contribution is -2.36. The monoisotopic (exact) mass is 209 g/mol. The molecule has 0 aromatic carbocycles. The maximum absolute atomic E-state index is 5.34. The van der Waals surface area contributed by atoms with Crippen LogP contribution in [0.2, 0.25) is 0 Å². The van der Waals surface area contributed by atoms with Gasteiger partial charge in [-0.15, -0.1) is 12.3 Å². The Morgan fingerprint density at radius 2 is 1.67 bits per heavy atom. The van der Waals surface area contributed by atoms with Gasteiger partial charge in [-0.25, -0.2) is 0 Å². The Morgan fingerprint density at radius 3 is 2.07 bits per heavy atom. The molecule has 0 amide bonds. The number of rotatable bonds is 9. The topological polar surface area (TPSA) is 12.0 Å². The predicted molar refractivity (Wildman–Crippen MR) is 68.8 cm³/mol. The Kier molecular flexibility index (Phi) is 9.73. The molecule has 1 heteroatoms. The molecular weight excluding hydrogens is 182 g/mol. The predicted octanol–water partition coefficient (Wildman–Crippen LogP) is 3.59. The minimum Gasteiger partial charge on any atom is -0.314 e. The van der Waals surface area contributed by atoms with E-state index in [-0.39, 0.29) is 0 Å². The van der Waals surface area contributed by atoms with Crippen LogP contribution in [0.4, 0.5) is 0 Å². The van der Waals surface area contributed by atoms with Gasteiger partial charge in [0.15, 0.2) is 0 Å². The maximum Gasteiger partial charge on any atom is 0.0104 e. The van der Waals surface area contributed by atoms with Gasteiger partial charge in [0.2, 0.25) is 0 Å². The van der Waals surface area contributed by atoms with Crippen LogP contribution in [0, 0.1) is 18.3 Å². The normalized spacial score (nSPS) is 12.7. The molecule has 0 radical (unpaired) electrons. The average Bonchev–Trinajstić information content (AvgIpc) is 2.24. The van der Waals surface area contributed by atoms with Crippen LogP contribution < -0.4 is 5.32 Å². The van der Waals surface area contributed by atoms with E-state index in [4.69, 9.17) is 6.42 Å². The summed E-state index contributed by atoms with van der Waals surface area (Å²) in [4.78, 5) is 0. The summed E-state index contributed by atoms with van der Waals surface area (Å²) in [6.07, 6.45) is 12.6. The minimum atomic E-state index is 0.631. The molecule has 0 bridgehead atoms. The highest BCUT2D eigenvalue weighted by Crippen LogP contribution is 2.20. The molecule has 1 unspecified atom stereocenters. The first-order chi connectivity index (χ1) is 7.29. The first-order valence-electron chi connectivity index (χ1n) is 6.46. The summed E-state index contributed by atoms with van der Waals surface area (Å²) in [5.74, 6) is 3.57. The van der Waals surface area contributed by atoms with E-state index in [1.54, 1.807) is 0 Å². The van der Waals surface area contributed by atoms with E-state index in [1.165, 1.54) is 25.7 Å². The molecule has 0 rings (SSSR count). The molecule has 0 aliphatic rings. The molecule has 15 heavy (non-hydrogen) atoms. The van der Waals surface area contributed by atoms with Crippen molar-refractivity contribution in [3.63, 3.8) is 0 Å². The van der Waals surface area contributed by atoms with E-state index in [2.05, 4.69) is 32.0 Å². The van der Waals surface area contributed by atoms with E-state index < -0.39 is 0 Å². The molecule has 0 aliphatic heterocycles. The van der Waals surface area contributed by atoms with Crippen LogP contribution in [0.3, 0.4) is 0 Å². The van der Waals surface area contributed by atoms with Crippen LogP contribution in [0.25, 0.3) is 0 Å². The van der Waals surface area contributed by atoms with Crippen molar-refractivity contribution in [1.82, 2.24) is 5.32 Å². The molecule has 88 valence electrons. The van der Waals surface area contributed by atoms with Crippen molar-refractivity contribution in [2.24, 2.45) is 5.92 Å². The molecule has 1 atom stereocenters. The van der Waals surface area contributed by atoms with Crippen LogP contribution in [0.5, 0.6) is 0 Å². The molecule has 0 saturated heterocycles. The molecule has 0 aromatic rings. The number of terminal acetylenes is 1. The smallest absolute Gasteiger partial charge is 0.0104 e. The lowest BCUT2D eigenvalue weighted by atomic mass is 9.88. The van der Waals surface area contributed by atoms with Crippen molar-refractivity contribution < 1.29 is 0 Å². The molecule has 0 heterocycles. The zero-order valence-corrected chi connectivity index (χ0v) is 10.7. The summed E-state index contributed by atoms with van der Waals surface area (Å²) in [7, 11) is 0. The van der Waals surface area contributed by atoms with Gasteiger partial charge in [0.05, 0.1) is 0 Å². The van der Waals surface area contributed by atoms with Gasteiger partial charge in [0.1, 0.15) is 0 Å². The lowest BCUT2D eigenvalue weighted by Gasteiger charge is -2.27. The maximum atomic E-state index is 5.34. The Labute approximate surface area is 96.0 Å². The molecule has 1 nitrogen and oxygen atoms in total. The zero-order chi connectivity index (χ0) is 11.5. The fourth-order valence-electron chi connectivity index (χ4n) is 2.29. The first kappa shape index (κ1) is 14.5. The van der Waals surface area contributed by atoms with Gasteiger partial charge in [-0.2, -0.15) is 0 Å². The fraction of sp³-hybridized carbons (Fsp3) is 0.857. The van der Waals surface area contributed by atoms with Crippen molar-refractivity contribution in [2.75, 3.05) is 6.54 Å². The second-order valence-corrected chi connectivity index (χ2v) is 4.24. The SMILES string of the molecule is C#CCCC(NCC)C(CCC)CCC. The minimum absolute atomic E-state index is 0.631. The van der Waals surface area contributed by atoms with E-state index in [1.807, 2.05) is 0 Å². The Bertz CT molecular complexity index is 163. The fourth-order valence-corrected chi connectivity index (χ4v) is 2.29. The summed E-state index contributed by atoms with van der Waals surface area (Å²) in [6.45, 7) is 7.77. The van der Waals surface area contributed by atoms with E-state index >= 15 is 0 Å². The lowest BCUT2D eigenvalue weighted by molar-refractivity contribution is 0.302. The number of hydrogen-bond acceptors (Lipinski definition) is 1. The molecule has 0 aromatic heterocycles. The Hall–Kier alpha value is -0.480. The first-order valence-corrected chi connectivity index (χ1v) is 6.46. The summed E-state index contributed by atoms with van der Waals surface area (Å²) >= 11 is 0. The summed E-state index contributed by atoms with van der Waals surface area (Å²) in [6, 6.07) is 0.631. The zero-order valence-electron chi connectivity index (χ0n) is 10.7. The van der Waals surface area contributed by atoms with Gasteiger partial charge < -0.3 is 5.32 Å². The highest BCUT2D eigenvalue weighted by Gasteiger charge is 2.18. The van der Waals surface area contributed by atoms with Gasteiger partial charge in [-0.3, -0.25) is 0 Å². The van der Waals surface area contributed by atoms with E-state index in [0.717, 1.165) is 25.3 Å². The third-order valence-corrected chi connectivity index (χ3v) is 2.95. The van der Waals surface area contributed by atoms with Crippen molar-refractivity contribution in [3.05, 3.63) is 0 Å². The van der Waals surface area contributed by atoms with Crippen molar-refractivity contribution in [2.45, 2.75) is 65.3 Å². The molecule has 1 N–H and O–H groups in total. The molecule has 0 spiro atoms. The van der Waals surface area contributed by atoms with Crippen molar-refractivity contribution >= 4 is 0 Å². The van der Waals surface area contributed by atoms with Crippen LogP contribution >= 0.6 is 0 Å². The van der Waals surface area contributed by atoms with E-state index in [0.29, 0.717) is 6.04 Å². The van der Waals surface area contributed by atoms with Crippen molar-refractivity contribution in [1.29, 1.82) is 0 Å². The Balaban J connectivity index is 4.16. The van der Waals surface area contributed by atoms with Gasteiger partial charge in [0, 0.05) is 12.5 Å². The average molecular weight is 209 g/mol. The van der Waals surface area contributed by atoms with Crippen LogP contribution in [-0.4, -0.2) is 12.6 Å². The third-order valence-electron chi connectivity index (χ3n) is 2.95. The summed E-state index contributed by atoms with van der Waals surface area (Å²) < 4.78 is 0. The van der Waals surface area contributed by atoms with Gasteiger partial charge >= 0.3 is 0 Å². The van der Waals surface area contributed by atoms with E-state index in [9.17, 15) is 0 Å². The molecule has 0 saturated carbocycles. The second-order valence-electron chi connectivity index (χ2n) is 4.24. The molecular formula is C14H27N. The third kappa shape index (κ3) is 6.57. The van der Waals surface area contributed by atoms with Crippen LogP contribution in [-0.2, 0) is 0 Å². The quantitative estimate of drug-likeness (QED) is 0.572. The summed E-state index contributed by atoms with van der Waals surface area (Å²) in [5, 5.41) is 3.59. The van der Waals surface area contributed by atoms with Gasteiger partial charge in [-0.05, 0) is 31.7 Å². The highest BCUT2D eigenvalue weighted by molar-refractivity contribution is 4.87. The van der Waals surface area contributed by atoms with Gasteiger partial charge in [-0.1, -0.05) is 33.6 Å². The Morgan fingerprint density at radius 1 is 1.07 bits per heavy atom. The summed E-state index contributed by atoms with van der Waals surface area (Å²) in [5.41, 5.74) is 0. The van der Waals surface area contributed by atoms with Crippen LogP contribution in [0.15, 0.2) is 0 Å². The van der Waals surface area contributed by atoms with Crippen LogP contribution in [0.1, 0.15) is 59.3 Å². The molecule has 0 fully saturated rings. The van der Waals surface area contributed by atoms with Crippen molar-refractivity contribution in [3.8, 4) is 12.3 Å². The number of nitrogens with one attached hydrogen (secondary N) is 1. The number of hydrogen-bond donors (Lipinski definition) is 1. The van der Waals surface area contributed by atoms with Gasteiger partial charge in [0.25, 0.3) is 0 Å². The second kappa shape index (κ2) is 10.1. The highest BCUT2D eigenvalue weighted by atomic mass is 14.9.